The topological polar surface area (TPSA) is 33.9 Å². The van der Waals surface area contributed by atoms with E-state index in [1.54, 1.807) is 0 Å². The Morgan fingerprint density at radius 3 is 2.82 bits per heavy atom. The summed E-state index contributed by atoms with van der Waals surface area (Å²) in [6.45, 7) is 3.20. The molecule has 3 rings (SSSR count). The Hall–Kier alpha value is -1.03. The van der Waals surface area contributed by atoms with Crippen LogP contribution in [0.3, 0.4) is 0 Å². The highest BCUT2D eigenvalue weighted by Gasteiger charge is 2.43. The van der Waals surface area contributed by atoms with Crippen molar-refractivity contribution in [1.82, 2.24) is 4.40 Å². The van der Waals surface area contributed by atoms with Crippen molar-refractivity contribution in [3.05, 3.63) is 40.7 Å². The van der Waals surface area contributed by atoms with Gasteiger partial charge in [0.15, 0.2) is 0 Å². The summed E-state index contributed by atoms with van der Waals surface area (Å²) in [5.41, 5.74) is 2.81. The SMILES string of the molecule is Cc1c(Cl)c2ccccn2c1C1(CO)COC1. The Balaban J connectivity index is 2.32. The average Bonchev–Trinajstić information content (AvgIpc) is 2.55. The van der Waals surface area contributed by atoms with Gasteiger partial charge in [0.05, 0.1) is 35.8 Å². The van der Waals surface area contributed by atoms with E-state index in [0.29, 0.717) is 13.2 Å². The summed E-state index contributed by atoms with van der Waals surface area (Å²) in [6, 6.07) is 5.92. The average molecular weight is 252 g/mol. The Labute approximate surface area is 105 Å². The van der Waals surface area contributed by atoms with Gasteiger partial charge in [-0.3, -0.25) is 0 Å². The normalized spacial score (nSPS) is 18.3. The van der Waals surface area contributed by atoms with E-state index < -0.39 is 0 Å². The second kappa shape index (κ2) is 3.73. The number of hydrogen-bond acceptors (Lipinski definition) is 2. The molecule has 0 saturated carbocycles. The number of aromatic nitrogens is 1. The minimum absolute atomic E-state index is 0.0885. The van der Waals surface area contributed by atoms with Gasteiger partial charge in [0.1, 0.15) is 0 Å². The van der Waals surface area contributed by atoms with Crippen molar-refractivity contribution in [2.75, 3.05) is 19.8 Å². The van der Waals surface area contributed by atoms with Gasteiger partial charge in [0.2, 0.25) is 0 Å². The third-order valence-electron chi connectivity index (χ3n) is 3.57. The van der Waals surface area contributed by atoms with Gasteiger partial charge >= 0.3 is 0 Å². The first-order valence-electron chi connectivity index (χ1n) is 5.64. The summed E-state index contributed by atoms with van der Waals surface area (Å²) in [4.78, 5) is 0. The summed E-state index contributed by atoms with van der Waals surface area (Å²) in [6.07, 6.45) is 1.99. The molecule has 0 amide bonds. The predicted molar refractivity (Wildman–Crippen MR) is 66.7 cm³/mol. The highest BCUT2D eigenvalue weighted by Crippen LogP contribution is 2.39. The summed E-state index contributed by atoms with van der Waals surface area (Å²) < 4.78 is 7.35. The van der Waals surface area contributed by atoms with E-state index >= 15 is 0 Å². The molecule has 2 aromatic heterocycles. The molecular weight excluding hydrogens is 238 g/mol. The molecule has 0 aliphatic carbocycles. The van der Waals surface area contributed by atoms with Crippen molar-refractivity contribution >= 4 is 17.1 Å². The monoisotopic (exact) mass is 251 g/mol. The second-order valence-corrected chi connectivity index (χ2v) is 5.05. The van der Waals surface area contributed by atoms with Gasteiger partial charge in [-0.1, -0.05) is 17.7 Å². The molecule has 3 nitrogen and oxygen atoms in total. The van der Waals surface area contributed by atoms with Crippen LogP contribution in [0.15, 0.2) is 24.4 Å². The number of ether oxygens (including phenoxy) is 1. The van der Waals surface area contributed by atoms with Gasteiger partial charge in [-0.25, -0.2) is 0 Å². The zero-order chi connectivity index (χ0) is 12.0. The van der Waals surface area contributed by atoms with Crippen LogP contribution in [0.1, 0.15) is 11.3 Å². The van der Waals surface area contributed by atoms with Crippen LogP contribution < -0.4 is 0 Å². The van der Waals surface area contributed by atoms with E-state index in [1.165, 1.54) is 0 Å². The molecule has 1 aliphatic heterocycles. The number of rotatable bonds is 2. The van der Waals surface area contributed by atoms with Gasteiger partial charge in [0.25, 0.3) is 0 Å². The lowest BCUT2D eigenvalue weighted by Gasteiger charge is -2.40. The maximum Gasteiger partial charge on any atom is 0.0809 e. The lowest BCUT2D eigenvalue weighted by Crippen LogP contribution is -2.50. The van der Waals surface area contributed by atoms with Crippen molar-refractivity contribution in [2.45, 2.75) is 12.3 Å². The van der Waals surface area contributed by atoms with Crippen LogP contribution in [-0.4, -0.2) is 29.3 Å². The lowest BCUT2D eigenvalue weighted by atomic mass is 9.81. The molecule has 0 atom stereocenters. The first-order chi connectivity index (χ1) is 8.19. The molecule has 0 bridgehead atoms. The fourth-order valence-corrected chi connectivity index (χ4v) is 2.84. The van der Waals surface area contributed by atoms with E-state index in [2.05, 4.69) is 4.40 Å². The van der Waals surface area contributed by atoms with Crippen molar-refractivity contribution in [3.8, 4) is 0 Å². The number of fused-ring (bicyclic) bond motifs is 1. The predicted octanol–water partition coefficient (Wildman–Crippen LogP) is 2.16. The van der Waals surface area contributed by atoms with Crippen molar-refractivity contribution in [3.63, 3.8) is 0 Å². The zero-order valence-corrected chi connectivity index (χ0v) is 10.4. The number of aliphatic hydroxyl groups excluding tert-OH is 1. The Kier molecular flexibility index (Phi) is 2.43. The molecule has 1 N–H and O–H groups in total. The largest absolute Gasteiger partial charge is 0.395 e. The minimum atomic E-state index is -0.290. The summed E-state index contributed by atoms with van der Waals surface area (Å²) in [5, 5.41) is 10.4. The van der Waals surface area contributed by atoms with Crippen molar-refractivity contribution < 1.29 is 9.84 Å². The molecule has 17 heavy (non-hydrogen) atoms. The minimum Gasteiger partial charge on any atom is -0.395 e. The Bertz CT molecular complexity index is 567. The number of nitrogens with zero attached hydrogens (tertiary/aromatic N) is 1. The quantitative estimate of drug-likeness (QED) is 0.888. The van der Waals surface area contributed by atoms with Gasteiger partial charge in [-0.15, -0.1) is 0 Å². The molecular formula is C13H14ClNO2. The number of halogens is 1. The first-order valence-corrected chi connectivity index (χ1v) is 6.02. The third-order valence-corrected chi connectivity index (χ3v) is 4.05. The van der Waals surface area contributed by atoms with Crippen LogP contribution in [0.5, 0.6) is 0 Å². The van der Waals surface area contributed by atoms with Gasteiger partial charge < -0.3 is 14.2 Å². The highest BCUT2D eigenvalue weighted by molar-refractivity contribution is 6.35. The maximum absolute atomic E-state index is 9.65. The molecule has 0 radical (unpaired) electrons. The molecule has 4 heteroatoms. The molecule has 1 saturated heterocycles. The van der Waals surface area contributed by atoms with Crippen LogP contribution in [0.4, 0.5) is 0 Å². The molecule has 0 unspecified atom stereocenters. The molecule has 90 valence electrons. The molecule has 1 aliphatic rings. The standard InChI is InChI=1S/C13H14ClNO2/c1-9-11(14)10-4-2-3-5-15(10)12(9)13(6-16)7-17-8-13/h2-5,16H,6-8H2,1H3. The van der Waals surface area contributed by atoms with Crippen LogP contribution in [0.2, 0.25) is 5.02 Å². The third kappa shape index (κ3) is 1.36. The first kappa shape index (κ1) is 11.1. The van der Waals surface area contributed by atoms with Gasteiger partial charge in [0, 0.05) is 11.9 Å². The van der Waals surface area contributed by atoms with E-state index in [4.69, 9.17) is 16.3 Å². The number of hydrogen-bond donors (Lipinski definition) is 1. The zero-order valence-electron chi connectivity index (χ0n) is 9.61. The number of pyridine rings is 1. The lowest BCUT2D eigenvalue weighted by molar-refractivity contribution is -0.0868. The van der Waals surface area contributed by atoms with Crippen LogP contribution in [0.25, 0.3) is 5.52 Å². The van der Waals surface area contributed by atoms with E-state index in [9.17, 15) is 5.11 Å². The second-order valence-electron chi connectivity index (χ2n) is 4.67. The molecule has 0 aromatic carbocycles. The van der Waals surface area contributed by atoms with Crippen molar-refractivity contribution in [1.29, 1.82) is 0 Å². The van der Waals surface area contributed by atoms with E-state index in [1.807, 2.05) is 31.3 Å². The van der Waals surface area contributed by atoms with Gasteiger partial charge in [-0.2, -0.15) is 0 Å². The van der Waals surface area contributed by atoms with Crippen LogP contribution in [0, 0.1) is 6.92 Å². The van der Waals surface area contributed by atoms with Crippen LogP contribution in [-0.2, 0) is 10.2 Å². The smallest absolute Gasteiger partial charge is 0.0809 e. The summed E-state index contributed by atoms with van der Waals surface area (Å²) in [7, 11) is 0. The van der Waals surface area contributed by atoms with Crippen molar-refractivity contribution in [2.24, 2.45) is 0 Å². The Morgan fingerprint density at radius 1 is 1.47 bits per heavy atom. The maximum atomic E-state index is 9.65. The van der Waals surface area contributed by atoms with E-state index in [-0.39, 0.29) is 12.0 Å². The summed E-state index contributed by atoms with van der Waals surface area (Å²) >= 11 is 6.35. The fourth-order valence-electron chi connectivity index (χ4n) is 2.60. The van der Waals surface area contributed by atoms with E-state index in [0.717, 1.165) is 21.8 Å². The van der Waals surface area contributed by atoms with Crippen LogP contribution >= 0.6 is 11.6 Å². The molecule has 2 aromatic rings. The molecule has 3 heterocycles. The summed E-state index contributed by atoms with van der Waals surface area (Å²) in [5.74, 6) is 0. The highest BCUT2D eigenvalue weighted by atomic mass is 35.5. The van der Waals surface area contributed by atoms with Gasteiger partial charge in [-0.05, 0) is 24.6 Å². The Morgan fingerprint density at radius 2 is 2.24 bits per heavy atom. The fraction of sp³-hybridized carbons (Fsp3) is 0.385. The molecule has 0 spiro atoms. The molecule has 1 fully saturated rings. The number of aliphatic hydroxyl groups is 1.